The summed E-state index contributed by atoms with van der Waals surface area (Å²) >= 11 is 0. The van der Waals surface area contributed by atoms with Crippen molar-refractivity contribution in [1.82, 2.24) is 0 Å². The Morgan fingerprint density at radius 3 is 2.43 bits per heavy atom. The number of aliphatic imine (C=N–C) groups is 1. The van der Waals surface area contributed by atoms with E-state index in [0.29, 0.717) is 23.6 Å². The number of unbranched alkanes of at least 4 members (excludes halogenated alkanes) is 5. The Morgan fingerprint density at radius 2 is 1.76 bits per heavy atom. The maximum atomic E-state index is 13.3. The Bertz CT molecular complexity index is 1000. The van der Waals surface area contributed by atoms with Crippen LogP contribution < -0.4 is 0 Å². The number of benzene rings is 1. The maximum Gasteiger partial charge on any atom is 0.336 e. The third-order valence-electron chi connectivity index (χ3n) is 6.20. The number of carbonyl (C=O) groups excluding carboxylic acids is 2. The van der Waals surface area contributed by atoms with E-state index in [1.165, 1.54) is 43.9 Å². The molecule has 1 aliphatic rings. The minimum absolute atomic E-state index is 0.0525. The number of ether oxygens (including phenoxy) is 3. The van der Waals surface area contributed by atoms with Gasteiger partial charge in [0.25, 0.3) is 5.69 Å². The first kappa shape index (κ1) is 30.2. The Morgan fingerprint density at radius 1 is 1.05 bits per heavy atom. The van der Waals surface area contributed by atoms with Gasteiger partial charge in [-0.2, -0.15) is 0 Å². The summed E-state index contributed by atoms with van der Waals surface area (Å²) in [5.41, 5.74) is 1.37. The van der Waals surface area contributed by atoms with Crippen molar-refractivity contribution in [2.75, 3.05) is 19.8 Å². The van der Waals surface area contributed by atoms with Crippen molar-refractivity contribution in [1.29, 1.82) is 0 Å². The molecule has 1 aromatic rings. The van der Waals surface area contributed by atoms with Crippen LogP contribution >= 0.6 is 0 Å². The second-order valence-electron chi connectivity index (χ2n) is 9.56. The summed E-state index contributed by atoms with van der Waals surface area (Å²) in [6.45, 7) is 9.93. The Hall–Kier alpha value is -3.07. The number of nitro groups is 1. The first-order chi connectivity index (χ1) is 17.7. The van der Waals surface area contributed by atoms with Gasteiger partial charge in [-0.25, -0.2) is 4.79 Å². The van der Waals surface area contributed by atoms with Crippen LogP contribution in [0.25, 0.3) is 0 Å². The van der Waals surface area contributed by atoms with Crippen molar-refractivity contribution in [2.24, 2.45) is 10.9 Å². The van der Waals surface area contributed by atoms with Gasteiger partial charge in [-0.3, -0.25) is 19.9 Å². The van der Waals surface area contributed by atoms with Crippen LogP contribution in [-0.2, 0) is 23.8 Å². The Kier molecular flexibility index (Phi) is 12.4. The van der Waals surface area contributed by atoms with Gasteiger partial charge in [0.15, 0.2) is 0 Å². The third-order valence-corrected chi connectivity index (χ3v) is 6.20. The first-order valence-electron chi connectivity index (χ1n) is 13.1. The molecule has 0 aromatic heterocycles. The van der Waals surface area contributed by atoms with Crippen LogP contribution in [0, 0.1) is 16.0 Å². The molecule has 0 radical (unpaired) electrons. The number of carbonyl (C=O) groups is 2. The highest BCUT2D eigenvalue weighted by molar-refractivity contribution is 6.07. The summed E-state index contributed by atoms with van der Waals surface area (Å²) in [7, 11) is 0. The van der Waals surface area contributed by atoms with E-state index in [9.17, 15) is 19.7 Å². The van der Waals surface area contributed by atoms with Crippen LogP contribution in [0.4, 0.5) is 5.69 Å². The number of nitrogens with zero attached hydrogens (tertiary/aromatic N) is 2. The molecule has 204 valence electrons. The molecule has 2 rings (SSSR count). The minimum atomic E-state index is -0.917. The van der Waals surface area contributed by atoms with Crippen LogP contribution in [-0.4, -0.2) is 48.5 Å². The second kappa shape index (κ2) is 15.2. The average Bonchev–Trinajstić information content (AvgIpc) is 2.84. The van der Waals surface area contributed by atoms with Crippen molar-refractivity contribution < 1.29 is 28.7 Å². The van der Waals surface area contributed by atoms with Crippen LogP contribution in [0.5, 0.6) is 0 Å². The lowest BCUT2D eigenvalue weighted by Crippen LogP contribution is -2.37. The molecule has 1 aromatic carbocycles. The van der Waals surface area contributed by atoms with E-state index in [4.69, 9.17) is 14.2 Å². The third kappa shape index (κ3) is 9.07. The van der Waals surface area contributed by atoms with Crippen LogP contribution in [0.1, 0.15) is 84.6 Å². The van der Waals surface area contributed by atoms with Gasteiger partial charge in [-0.15, -0.1) is 0 Å². The fourth-order valence-electron chi connectivity index (χ4n) is 4.46. The second-order valence-corrected chi connectivity index (χ2v) is 9.56. The van der Waals surface area contributed by atoms with E-state index < -0.39 is 28.7 Å². The van der Waals surface area contributed by atoms with Crippen LogP contribution in [0.3, 0.4) is 0 Å². The molecule has 0 saturated carbocycles. The molecular weight excluding hydrogens is 476 g/mol. The molecule has 0 bridgehead atoms. The molecule has 0 N–H and O–H groups in total. The Labute approximate surface area is 219 Å². The molecule has 0 aliphatic carbocycles. The van der Waals surface area contributed by atoms with Crippen molar-refractivity contribution in [3.8, 4) is 0 Å². The lowest BCUT2D eigenvalue weighted by atomic mass is 9.75. The standard InChI is InChI=1S/C28H40N2O7/c1-6-7-8-9-10-11-15-35-16-17-36-27(31)24-20(4)29-21(5)25(28(32)37-19(2)3)26(24)22-13-12-14-23(18-22)30(33)34/h12-14,18-19,25-26H,6-11,15-17H2,1-5H3. The average molecular weight is 517 g/mol. The summed E-state index contributed by atoms with van der Waals surface area (Å²) in [5, 5.41) is 11.4. The van der Waals surface area contributed by atoms with Crippen molar-refractivity contribution in [3.63, 3.8) is 0 Å². The zero-order valence-corrected chi connectivity index (χ0v) is 22.7. The fourth-order valence-corrected chi connectivity index (χ4v) is 4.46. The van der Waals surface area contributed by atoms with E-state index in [1.54, 1.807) is 33.8 Å². The number of non-ortho nitro benzene ring substituents is 1. The van der Waals surface area contributed by atoms with Gasteiger partial charge in [0.2, 0.25) is 0 Å². The maximum absolute atomic E-state index is 13.3. The summed E-state index contributed by atoms with van der Waals surface area (Å²) in [6, 6.07) is 5.94. The highest BCUT2D eigenvalue weighted by Gasteiger charge is 2.43. The van der Waals surface area contributed by atoms with Gasteiger partial charge in [-0.05, 0) is 39.7 Å². The molecule has 9 nitrogen and oxygen atoms in total. The number of rotatable bonds is 15. The normalized spacial score (nSPS) is 17.5. The minimum Gasteiger partial charge on any atom is -0.462 e. The topological polar surface area (TPSA) is 117 Å². The quantitative estimate of drug-likeness (QED) is 0.123. The van der Waals surface area contributed by atoms with E-state index in [1.807, 2.05) is 0 Å². The molecule has 2 unspecified atom stereocenters. The molecule has 0 fully saturated rings. The number of allylic oxidation sites excluding steroid dienone is 1. The molecule has 0 spiro atoms. The van der Waals surface area contributed by atoms with E-state index >= 15 is 0 Å². The lowest BCUT2D eigenvalue weighted by molar-refractivity contribution is -0.384. The molecule has 0 saturated heterocycles. The largest absolute Gasteiger partial charge is 0.462 e. The molecule has 37 heavy (non-hydrogen) atoms. The Balaban J connectivity index is 2.17. The predicted octanol–water partition coefficient (Wildman–Crippen LogP) is 5.92. The van der Waals surface area contributed by atoms with Gasteiger partial charge in [0, 0.05) is 36.1 Å². The van der Waals surface area contributed by atoms with E-state index in [0.717, 1.165) is 12.8 Å². The van der Waals surface area contributed by atoms with Gasteiger partial charge in [0.1, 0.15) is 12.5 Å². The molecule has 0 amide bonds. The predicted molar refractivity (Wildman–Crippen MR) is 142 cm³/mol. The fraction of sp³-hybridized carbons (Fsp3) is 0.607. The number of hydrogen-bond donors (Lipinski definition) is 0. The number of esters is 2. The highest BCUT2D eigenvalue weighted by atomic mass is 16.6. The number of hydrogen-bond acceptors (Lipinski definition) is 8. The van der Waals surface area contributed by atoms with Crippen molar-refractivity contribution in [3.05, 3.63) is 51.2 Å². The SMILES string of the molecule is CCCCCCCCOCCOC(=O)C1=C(C)N=C(C)C(C(=O)OC(C)C)C1c1cccc([N+](=O)[O-])c1. The smallest absolute Gasteiger partial charge is 0.336 e. The molecule has 1 aliphatic heterocycles. The molecule has 1 heterocycles. The first-order valence-corrected chi connectivity index (χ1v) is 13.1. The van der Waals surface area contributed by atoms with Crippen LogP contribution in [0.15, 0.2) is 40.5 Å². The van der Waals surface area contributed by atoms with Crippen molar-refractivity contribution in [2.45, 2.75) is 85.2 Å². The highest BCUT2D eigenvalue weighted by Crippen LogP contribution is 2.41. The zero-order valence-electron chi connectivity index (χ0n) is 22.7. The van der Waals surface area contributed by atoms with Gasteiger partial charge >= 0.3 is 11.9 Å². The summed E-state index contributed by atoms with van der Waals surface area (Å²) < 4.78 is 16.6. The lowest BCUT2D eigenvalue weighted by Gasteiger charge is -2.32. The number of nitro benzene ring substituents is 1. The molecule has 2 atom stereocenters. The monoisotopic (exact) mass is 516 g/mol. The summed E-state index contributed by atoms with van der Waals surface area (Å²) in [4.78, 5) is 41.7. The molecular formula is C28H40N2O7. The van der Waals surface area contributed by atoms with E-state index in [-0.39, 0.29) is 30.6 Å². The van der Waals surface area contributed by atoms with Gasteiger partial charge < -0.3 is 14.2 Å². The van der Waals surface area contributed by atoms with E-state index in [2.05, 4.69) is 11.9 Å². The molecule has 9 heteroatoms. The van der Waals surface area contributed by atoms with Crippen molar-refractivity contribution >= 4 is 23.3 Å². The van der Waals surface area contributed by atoms with Gasteiger partial charge in [0.05, 0.1) is 23.2 Å². The van der Waals surface area contributed by atoms with Gasteiger partial charge in [-0.1, -0.05) is 51.2 Å². The summed E-state index contributed by atoms with van der Waals surface area (Å²) in [5.74, 6) is -2.93. The summed E-state index contributed by atoms with van der Waals surface area (Å²) in [6.07, 6.45) is 6.60. The van der Waals surface area contributed by atoms with Crippen LogP contribution in [0.2, 0.25) is 0 Å². The zero-order chi connectivity index (χ0) is 27.4.